The predicted molar refractivity (Wildman–Crippen MR) is 107 cm³/mol. The van der Waals surface area contributed by atoms with Crippen molar-refractivity contribution in [3.8, 4) is 5.75 Å². The van der Waals surface area contributed by atoms with Crippen LogP contribution in [-0.2, 0) is 16.0 Å². The van der Waals surface area contributed by atoms with Crippen LogP contribution in [0, 0.1) is 5.82 Å². The molecule has 0 unspecified atom stereocenters. The Morgan fingerprint density at radius 3 is 2.20 bits per heavy atom. The molecule has 1 saturated heterocycles. The van der Waals surface area contributed by atoms with Crippen LogP contribution in [0.3, 0.4) is 0 Å². The molecule has 3 rings (SSSR count). The van der Waals surface area contributed by atoms with Crippen molar-refractivity contribution >= 4 is 18.0 Å². The molecular weight excluding hydrogens is 391 g/mol. The lowest BCUT2D eigenvalue weighted by molar-refractivity contribution is -0.132. The molecule has 8 heteroatoms. The smallest absolute Gasteiger partial charge is 0.434 e. The quantitative estimate of drug-likeness (QED) is 0.556. The number of carbonyl (C=O) groups excluding carboxylic acids is 3. The number of hydrogen-bond acceptors (Lipinski definition) is 5. The van der Waals surface area contributed by atoms with Gasteiger partial charge in [0.1, 0.15) is 11.6 Å². The van der Waals surface area contributed by atoms with E-state index in [4.69, 9.17) is 9.47 Å². The van der Waals surface area contributed by atoms with Crippen molar-refractivity contribution in [2.45, 2.75) is 13.3 Å². The number of rotatable bonds is 5. The Hall–Kier alpha value is -3.42. The first-order valence-electron chi connectivity index (χ1n) is 9.73. The first-order valence-corrected chi connectivity index (χ1v) is 9.73. The maximum absolute atomic E-state index is 13.8. The molecule has 1 aliphatic heterocycles. The highest BCUT2D eigenvalue weighted by molar-refractivity contribution is 5.94. The molecule has 0 N–H and O–H groups in total. The van der Waals surface area contributed by atoms with Gasteiger partial charge < -0.3 is 19.3 Å². The molecule has 0 bridgehead atoms. The SMILES string of the molecule is CCOC(=O)Oc1ccc(C(=O)N2CCN(C(=O)Cc3ccccc3F)CC2)cc1. The minimum Gasteiger partial charge on any atom is -0.434 e. The number of piperazine rings is 1. The fraction of sp³-hybridized carbons (Fsp3) is 0.318. The number of halogens is 1. The summed E-state index contributed by atoms with van der Waals surface area (Å²) < 4.78 is 23.4. The summed E-state index contributed by atoms with van der Waals surface area (Å²) in [5.74, 6) is -0.435. The van der Waals surface area contributed by atoms with Gasteiger partial charge in [0.15, 0.2) is 0 Å². The van der Waals surface area contributed by atoms with E-state index in [0.717, 1.165) is 0 Å². The van der Waals surface area contributed by atoms with Crippen LogP contribution >= 0.6 is 0 Å². The normalized spacial score (nSPS) is 13.7. The van der Waals surface area contributed by atoms with Gasteiger partial charge in [-0.3, -0.25) is 9.59 Å². The van der Waals surface area contributed by atoms with Crippen molar-refractivity contribution in [2.75, 3.05) is 32.8 Å². The number of amides is 2. The van der Waals surface area contributed by atoms with E-state index in [1.165, 1.54) is 18.2 Å². The Morgan fingerprint density at radius 2 is 1.57 bits per heavy atom. The van der Waals surface area contributed by atoms with Crippen molar-refractivity contribution in [1.29, 1.82) is 0 Å². The van der Waals surface area contributed by atoms with Crippen LogP contribution in [0.5, 0.6) is 5.75 Å². The van der Waals surface area contributed by atoms with E-state index in [2.05, 4.69) is 0 Å². The van der Waals surface area contributed by atoms with Gasteiger partial charge in [-0.05, 0) is 42.8 Å². The average Bonchev–Trinajstić information content (AvgIpc) is 2.75. The first-order chi connectivity index (χ1) is 14.5. The number of hydrogen-bond donors (Lipinski definition) is 0. The summed E-state index contributed by atoms with van der Waals surface area (Å²) >= 11 is 0. The largest absolute Gasteiger partial charge is 0.513 e. The van der Waals surface area contributed by atoms with E-state index in [-0.39, 0.29) is 30.6 Å². The first kappa shape index (κ1) is 21.3. The van der Waals surface area contributed by atoms with Crippen molar-refractivity contribution in [2.24, 2.45) is 0 Å². The minimum absolute atomic E-state index is 0.00253. The van der Waals surface area contributed by atoms with E-state index >= 15 is 0 Å². The Labute approximate surface area is 174 Å². The zero-order valence-corrected chi connectivity index (χ0v) is 16.7. The highest BCUT2D eigenvalue weighted by Gasteiger charge is 2.25. The molecule has 2 aromatic rings. The number of benzene rings is 2. The second-order valence-electron chi connectivity index (χ2n) is 6.75. The number of carbonyl (C=O) groups is 3. The van der Waals surface area contributed by atoms with Crippen LogP contribution in [0.25, 0.3) is 0 Å². The van der Waals surface area contributed by atoms with E-state index in [1.807, 2.05) is 0 Å². The fourth-order valence-corrected chi connectivity index (χ4v) is 3.17. The maximum atomic E-state index is 13.8. The van der Waals surface area contributed by atoms with Crippen LogP contribution < -0.4 is 4.74 Å². The van der Waals surface area contributed by atoms with Gasteiger partial charge in [0, 0.05) is 31.7 Å². The summed E-state index contributed by atoms with van der Waals surface area (Å²) in [5.41, 5.74) is 0.823. The number of nitrogens with zero attached hydrogens (tertiary/aromatic N) is 2. The van der Waals surface area contributed by atoms with Gasteiger partial charge in [-0.1, -0.05) is 18.2 Å². The van der Waals surface area contributed by atoms with Crippen LogP contribution in [-0.4, -0.2) is 60.6 Å². The zero-order valence-electron chi connectivity index (χ0n) is 16.7. The summed E-state index contributed by atoms with van der Waals surface area (Å²) in [4.78, 5) is 39.8. The predicted octanol–water partition coefficient (Wildman–Crippen LogP) is 2.89. The van der Waals surface area contributed by atoms with Gasteiger partial charge >= 0.3 is 6.16 Å². The topological polar surface area (TPSA) is 76.2 Å². The van der Waals surface area contributed by atoms with Crippen LogP contribution in [0.4, 0.5) is 9.18 Å². The molecule has 0 atom stereocenters. The Balaban J connectivity index is 1.52. The molecular formula is C22H23FN2O5. The summed E-state index contributed by atoms with van der Waals surface area (Å²) in [5, 5.41) is 0. The summed E-state index contributed by atoms with van der Waals surface area (Å²) in [7, 11) is 0. The van der Waals surface area contributed by atoms with Crippen LogP contribution in [0.1, 0.15) is 22.8 Å². The van der Waals surface area contributed by atoms with Gasteiger partial charge in [0.2, 0.25) is 5.91 Å². The van der Waals surface area contributed by atoms with Gasteiger partial charge in [-0.25, -0.2) is 9.18 Å². The lowest BCUT2D eigenvalue weighted by atomic mass is 10.1. The van der Waals surface area contributed by atoms with E-state index in [0.29, 0.717) is 37.3 Å². The lowest BCUT2D eigenvalue weighted by Crippen LogP contribution is -2.51. The monoisotopic (exact) mass is 414 g/mol. The van der Waals surface area contributed by atoms with Crippen LogP contribution in [0.15, 0.2) is 48.5 Å². The Kier molecular flexibility index (Phi) is 7.00. The van der Waals surface area contributed by atoms with Crippen molar-refractivity contribution in [1.82, 2.24) is 9.80 Å². The maximum Gasteiger partial charge on any atom is 0.513 e. The highest BCUT2D eigenvalue weighted by atomic mass is 19.1. The molecule has 2 amide bonds. The van der Waals surface area contributed by atoms with Crippen molar-refractivity contribution in [3.63, 3.8) is 0 Å². The molecule has 1 fully saturated rings. The Bertz CT molecular complexity index is 908. The molecule has 0 spiro atoms. The molecule has 0 aliphatic carbocycles. The lowest BCUT2D eigenvalue weighted by Gasteiger charge is -2.35. The zero-order chi connectivity index (χ0) is 21.5. The van der Waals surface area contributed by atoms with Crippen molar-refractivity contribution < 1.29 is 28.2 Å². The minimum atomic E-state index is -0.798. The molecule has 7 nitrogen and oxygen atoms in total. The summed E-state index contributed by atoms with van der Waals surface area (Å²) in [6.45, 7) is 3.46. The van der Waals surface area contributed by atoms with Gasteiger partial charge in [0.05, 0.1) is 13.0 Å². The third kappa shape index (κ3) is 5.34. The summed E-state index contributed by atoms with van der Waals surface area (Å²) in [6.07, 6.45) is -0.796. The third-order valence-corrected chi connectivity index (χ3v) is 4.78. The molecule has 0 aromatic heterocycles. The second-order valence-corrected chi connectivity index (χ2v) is 6.75. The molecule has 1 heterocycles. The second kappa shape index (κ2) is 9.87. The molecule has 2 aromatic carbocycles. The average molecular weight is 414 g/mol. The van der Waals surface area contributed by atoms with E-state index < -0.39 is 12.0 Å². The molecule has 1 aliphatic rings. The summed E-state index contributed by atoms with van der Waals surface area (Å²) in [6, 6.07) is 12.4. The van der Waals surface area contributed by atoms with E-state index in [1.54, 1.807) is 47.1 Å². The molecule has 0 radical (unpaired) electrons. The molecule has 0 saturated carbocycles. The van der Waals surface area contributed by atoms with Crippen molar-refractivity contribution in [3.05, 3.63) is 65.5 Å². The van der Waals surface area contributed by atoms with E-state index in [9.17, 15) is 18.8 Å². The third-order valence-electron chi connectivity index (χ3n) is 4.78. The van der Waals surface area contributed by atoms with Gasteiger partial charge in [-0.2, -0.15) is 0 Å². The standard InChI is InChI=1S/C22H23FN2O5/c1-2-29-22(28)30-18-9-7-16(8-10-18)21(27)25-13-11-24(12-14-25)20(26)15-17-5-3-4-6-19(17)23/h3-10H,2,11-15H2,1H3. The van der Waals surface area contributed by atoms with Gasteiger partial charge in [-0.15, -0.1) is 0 Å². The van der Waals surface area contributed by atoms with Crippen LogP contribution in [0.2, 0.25) is 0 Å². The molecule has 158 valence electrons. The Morgan fingerprint density at radius 1 is 0.933 bits per heavy atom. The fourth-order valence-electron chi connectivity index (χ4n) is 3.17. The van der Waals surface area contributed by atoms with Gasteiger partial charge in [0.25, 0.3) is 5.91 Å². The highest BCUT2D eigenvalue weighted by Crippen LogP contribution is 2.16. The molecule has 30 heavy (non-hydrogen) atoms. The number of ether oxygens (including phenoxy) is 2.